The number of rotatable bonds is 5. The summed E-state index contributed by atoms with van der Waals surface area (Å²) in [5, 5.41) is 18.8. The molecule has 4 N–H and O–H groups in total. The van der Waals surface area contributed by atoms with Crippen molar-refractivity contribution in [1.29, 1.82) is 0 Å². The summed E-state index contributed by atoms with van der Waals surface area (Å²) in [6.45, 7) is 1.61. The van der Waals surface area contributed by atoms with Gasteiger partial charge in [0.25, 0.3) is 5.91 Å². The van der Waals surface area contributed by atoms with Gasteiger partial charge in [0.1, 0.15) is 11.0 Å². The van der Waals surface area contributed by atoms with Crippen LogP contribution in [-0.4, -0.2) is 36.0 Å². The third-order valence-electron chi connectivity index (χ3n) is 3.65. The van der Waals surface area contributed by atoms with Gasteiger partial charge in [-0.3, -0.25) is 5.73 Å². The van der Waals surface area contributed by atoms with E-state index < -0.39 is 27.7 Å². The minimum atomic E-state index is -2.44. The van der Waals surface area contributed by atoms with E-state index >= 15 is 0 Å². The molecule has 2 heterocycles. The van der Waals surface area contributed by atoms with E-state index in [0.29, 0.717) is 14.0 Å². The van der Waals surface area contributed by atoms with E-state index in [2.05, 4.69) is 0 Å². The van der Waals surface area contributed by atoms with E-state index in [0.717, 1.165) is 37.3 Å². The normalized spacial score (nSPS) is 18.6. The smallest absolute Gasteiger partial charge is 0.257 e. The van der Waals surface area contributed by atoms with Crippen molar-refractivity contribution in [3.05, 3.63) is 41.3 Å². The molecule has 2 unspecified atom stereocenters. The van der Waals surface area contributed by atoms with Gasteiger partial charge in [-0.1, -0.05) is 6.07 Å². The van der Waals surface area contributed by atoms with Crippen LogP contribution in [0.4, 0.5) is 0 Å². The topological polar surface area (TPSA) is 104 Å². The second kappa shape index (κ2) is 7.12. The van der Waals surface area contributed by atoms with E-state index in [9.17, 15) is 18.6 Å². The van der Waals surface area contributed by atoms with Crippen molar-refractivity contribution >= 4 is 33.1 Å². The molecule has 1 aliphatic rings. The Bertz CT molecular complexity index is 779. The monoisotopic (exact) mass is 386 g/mol. The van der Waals surface area contributed by atoms with Gasteiger partial charge in [-0.2, -0.15) is 0 Å². The van der Waals surface area contributed by atoms with Crippen molar-refractivity contribution in [2.24, 2.45) is 5.73 Å². The summed E-state index contributed by atoms with van der Waals surface area (Å²) in [5.74, 6) is -2.44. The largest absolute Gasteiger partial charge is 0.349 e. The number of hydrogen-bond donors (Lipinski definition) is 3. The number of nitrogens with zero attached hydrogens (tertiary/aromatic N) is 1. The molecule has 0 spiro atoms. The fourth-order valence-electron chi connectivity index (χ4n) is 2.43. The van der Waals surface area contributed by atoms with Gasteiger partial charge in [-0.25, -0.2) is 12.7 Å². The molecule has 0 radical (unpaired) electrons. The van der Waals surface area contributed by atoms with Crippen molar-refractivity contribution in [2.45, 2.75) is 32.8 Å². The quantitative estimate of drug-likeness (QED) is 0.667. The Kier molecular flexibility index (Phi) is 5.30. The van der Waals surface area contributed by atoms with Crippen LogP contribution in [0.3, 0.4) is 0 Å². The Morgan fingerprint density at radius 2 is 1.75 bits per heavy atom. The zero-order valence-electron chi connectivity index (χ0n) is 12.8. The van der Waals surface area contributed by atoms with Crippen LogP contribution in [0.1, 0.15) is 17.7 Å². The van der Waals surface area contributed by atoms with Crippen LogP contribution in [0.5, 0.6) is 0 Å². The number of nitrogens with two attached hydrogens (primary N) is 1. The van der Waals surface area contributed by atoms with E-state index in [1.165, 1.54) is 6.07 Å². The fourth-order valence-corrected chi connectivity index (χ4v) is 6.18. The second-order valence-electron chi connectivity index (χ2n) is 5.47. The lowest BCUT2D eigenvalue weighted by Crippen LogP contribution is -2.34. The maximum absolute atomic E-state index is 12.7. The Balaban J connectivity index is 1.84. The lowest BCUT2D eigenvalue weighted by atomic mass is 10.4. The molecule has 0 bridgehead atoms. The molecule has 24 heavy (non-hydrogen) atoms. The molecule has 0 saturated carbocycles. The molecule has 0 amide bonds. The van der Waals surface area contributed by atoms with Crippen molar-refractivity contribution < 1.29 is 18.6 Å². The third kappa shape index (κ3) is 3.83. The van der Waals surface area contributed by atoms with Crippen LogP contribution in [-0.2, 0) is 27.7 Å². The molecule has 0 aliphatic carbocycles. The molecule has 9 heteroatoms. The molecule has 1 aromatic heterocycles. The second-order valence-corrected chi connectivity index (χ2v) is 9.75. The highest BCUT2D eigenvalue weighted by atomic mass is 32.2. The van der Waals surface area contributed by atoms with Crippen molar-refractivity contribution in [3.8, 4) is 0 Å². The molecule has 2 aromatic rings. The van der Waals surface area contributed by atoms with Crippen molar-refractivity contribution in [1.82, 2.24) is 4.31 Å². The number of hydrogen-bond acceptors (Lipinski definition) is 6. The molecule has 1 saturated heterocycles. The first-order valence-corrected chi connectivity index (χ1v) is 10.5. The SMILES string of the molecule is NC(O)(O)c1ccc(S(=O)c2cccc(S(=O)N3CCCC3)c2)s1. The predicted molar refractivity (Wildman–Crippen MR) is 93.0 cm³/mol. The van der Waals surface area contributed by atoms with Gasteiger partial charge in [0.05, 0.1) is 24.8 Å². The van der Waals surface area contributed by atoms with E-state index in [1.54, 1.807) is 30.3 Å². The molecular formula is C15H18N2O4S3. The van der Waals surface area contributed by atoms with Crippen LogP contribution < -0.4 is 5.73 Å². The highest BCUT2D eigenvalue weighted by molar-refractivity contribution is 7.87. The van der Waals surface area contributed by atoms with Gasteiger partial charge in [0, 0.05) is 18.0 Å². The summed E-state index contributed by atoms with van der Waals surface area (Å²) in [7, 11) is -2.75. The Morgan fingerprint density at radius 1 is 1.08 bits per heavy atom. The van der Waals surface area contributed by atoms with Gasteiger partial charge < -0.3 is 10.2 Å². The summed E-state index contributed by atoms with van der Waals surface area (Å²) in [4.78, 5) is 1.26. The van der Waals surface area contributed by atoms with E-state index in [-0.39, 0.29) is 4.88 Å². The van der Waals surface area contributed by atoms with Crippen LogP contribution in [0.2, 0.25) is 0 Å². The first-order chi connectivity index (χ1) is 11.4. The highest BCUT2D eigenvalue weighted by Gasteiger charge is 2.24. The Morgan fingerprint density at radius 3 is 2.38 bits per heavy atom. The summed E-state index contributed by atoms with van der Waals surface area (Å²) >= 11 is 0.971. The maximum Gasteiger partial charge on any atom is 0.257 e. The van der Waals surface area contributed by atoms with Gasteiger partial charge in [0.15, 0.2) is 0 Å². The predicted octanol–water partition coefficient (Wildman–Crippen LogP) is 1.09. The van der Waals surface area contributed by atoms with Gasteiger partial charge in [0.2, 0.25) is 0 Å². The van der Waals surface area contributed by atoms with Crippen LogP contribution in [0.25, 0.3) is 0 Å². The van der Waals surface area contributed by atoms with Gasteiger partial charge >= 0.3 is 0 Å². The molecule has 6 nitrogen and oxygen atoms in total. The molecule has 2 atom stereocenters. The Labute approximate surface area is 149 Å². The van der Waals surface area contributed by atoms with Crippen molar-refractivity contribution in [2.75, 3.05) is 13.1 Å². The lowest BCUT2D eigenvalue weighted by molar-refractivity contribution is -0.160. The number of thiophene rings is 1. The highest BCUT2D eigenvalue weighted by Crippen LogP contribution is 2.29. The third-order valence-corrected chi connectivity index (χ3v) is 8.02. The zero-order chi connectivity index (χ0) is 17.3. The molecular weight excluding hydrogens is 368 g/mol. The molecule has 1 fully saturated rings. The minimum absolute atomic E-state index is 0.114. The first kappa shape index (κ1) is 17.9. The fraction of sp³-hybridized carbons (Fsp3) is 0.333. The standard InChI is InChI=1S/C15H18N2O4S3/c16-15(18,19)13-6-7-14(22-13)23(20)11-4-3-5-12(10-11)24(21)17-8-1-2-9-17/h3-7,10,18-19H,1-2,8-9,16H2. The summed E-state index contributed by atoms with van der Waals surface area (Å²) in [5.41, 5.74) is 5.22. The van der Waals surface area contributed by atoms with Gasteiger partial charge in [-0.05, 0) is 43.2 Å². The van der Waals surface area contributed by atoms with Gasteiger partial charge in [-0.15, -0.1) is 11.3 Å². The van der Waals surface area contributed by atoms with E-state index in [4.69, 9.17) is 5.73 Å². The van der Waals surface area contributed by atoms with Crippen molar-refractivity contribution in [3.63, 3.8) is 0 Å². The summed E-state index contributed by atoms with van der Waals surface area (Å²) in [6.07, 6.45) is 2.08. The maximum atomic E-state index is 12.7. The molecule has 1 aromatic carbocycles. The summed E-state index contributed by atoms with van der Waals surface area (Å²) < 4.78 is 27.6. The number of benzene rings is 1. The number of aliphatic hydroxyl groups is 2. The minimum Gasteiger partial charge on any atom is -0.349 e. The summed E-state index contributed by atoms with van der Waals surface area (Å²) in [6, 6.07) is 9.86. The first-order valence-electron chi connectivity index (χ1n) is 7.39. The van der Waals surface area contributed by atoms with Crippen LogP contribution in [0.15, 0.2) is 50.4 Å². The molecule has 3 rings (SSSR count). The average molecular weight is 387 g/mol. The average Bonchev–Trinajstić information content (AvgIpc) is 3.24. The van der Waals surface area contributed by atoms with Crippen LogP contribution >= 0.6 is 11.3 Å². The Hall–Kier alpha value is -0.940. The van der Waals surface area contributed by atoms with E-state index in [1.807, 2.05) is 4.31 Å². The lowest BCUT2D eigenvalue weighted by Gasteiger charge is -2.14. The molecule has 1 aliphatic heterocycles. The van der Waals surface area contributed by atoms with Crippen LogP contribution in [0, 0.1) is 0 Å². The molecule has 130 valence electrons. The zero-order valence-corrected chi connectivity index (χ0v) is 15.2.